The van der Waals surface area contributed by atoms with Crippen molar-refractivity contribution in [1.29, 1.82) is 0 Å². The number of hydrogen-bond donors (Lipinski definition) is 0. The van der Waals surface area contributed by atoms with Crippen molar-refractivity contribution in [2.75, 3.05) is 0 Å². The highest BCUT2D eigenvalue weighted by atomic mass is 16.3. The van der Waals surface area contributed by atoms with Crippen LogP contribution in [0.5, 0.6) is 0 Å². The van der Waals surface area contributed by atoms with Crippen LogP contribution in [0.3, 0.4) is 0 Å². The summed E-state index contributed by atoms with van der Waals surface area (Å²) < 4.78 is 10.3. The predicted molar refractivity (Wildman–Crippen MR) is 97.0 cm³/mol. The van der Waals surface area contributed by atoms with Gasteiger partial charge in [0, 0.05) is 37.5 Å². The summed E-state index contributed by atoms with van der Waals surface area (Å²) in [4.78, 5) is 8.78. The van der Waals surface area contributed by atoms with E-state index in [2.05, 4.69) is 38.2 Å². The lowest BCUT2D eigenvalue weighted by Crippen LogP contribution is -2.06. The molecule has 0 bridgehead atoms. The van der Waals surface area contributed by atoms with Crippen LogP contribution in [0.1, 0.15) is 12.7 Å². The highest BCUT2D eigenvalue weighted by Gasteiger charge is 2.18. The number of imidazole rings is 2. The minimum absolute atomic E-state index is 0.799. The Bertz CT molecular complexity index is 935. The molecule has 0 spiro atoms. The van der Waals surface area contributed by atoms with E-state index in [9.17, 15) is 0 Å². The largest absolute Gasteiger partial charge is 0.459 e. The Labute approximate surface area is 146 Å². The van der Waals surface area contributed by atoms with E-state index in [-0.39, 0.29) is 0 Å². The third-order valence-corrected chi connectivity index (χ3v) is 4.29. The molecule has 5 heteroatoms. The van der Waals surface area contributed by atoms with Gasteiger partial charge in [-0.2, -0.15) is 0 Å². The number of hydrogen-bond acceptors (Lipinski definition) is 3. The van der Waals surface area contributed by atoms with E-state index in [1.807, 2.05) is 49.2 Å². The first-order valence-corrected chi connectivity index (χ1v) is 8.50. The number of aryl methyl sites for hydroxylation is 3. The number of rotatable bonds is 6. The van der Waals surface area contributed by atoms with Gasteiger partial charge in [-0.15, -0.1) is 0 Å². The second-order valence-corrected chi connectivity index (χ2v) is 5.92. The van der Waals surface area contributed by atoms with Crippen molar-refractivity contribution in [2.24, 2.45) is 0 Å². The maximum absolute atomic E-state index is 6.04. The van der Waals surface area contributed by atoms with Gasteiger partial charge in [0.2, 0.25) is 0 Å². The summed E-state index contributed by atoms with van der Waals surface area (Å²) in [5, 5.41) is 0. The Hall–Kier alpha value is -3.08. The maximum Gasteiger partial charge on any atom is 0.152 e. The fraction of sp³-hybridized carbons (Fsp3) is 0.200. The van der Waals surface area contributed by atoms with Crippen LogP contribution in [-0.2, 0) is 19.5 Å². The highest BCUT2D eigenvalue weighted by Crippen LogP contribution is 2.32. The van der Waals surface area contributed by atoms with Crippen LogP contribution in [0, 0.1) is 0 Å². The van der Waals surface area contributed by atoms with Crippen molar-refractivity contribution in [3.05, 3.63) is 73.3 Å². The first-order valence-electron chi connectivity index (χ1n) is 8.50. The van der Waals surface area contributed by atoms with Gasteiger partial charge < -0.3 is 13.6 Å². The third kappa shape index (κ3) is 3.13. The van der Waals surface area contributed by atoms with E-state index in [0.29, 0.717) is 0 Å². The SMILES string of the molecule is CCc1ccc(-c2c(-c3ccccc3)ncn2CCn2ccnc2)o1. The molecule has 126 valence electrons. The van der Waals surface area contributed by atoms with Crippen LogP contribution in [0.2, 0.25) is 0 Å². The van der Waals surface area contributed by atoms with E-state index in [1.54, 1.807) is 6.20 Å². The number of aromatic nitrogens is 4. The Morgan fingerprint density at radius 1 is 1.00 bits per heavy atom. The summed E-state index contributed by atoms with van der Waals surface area (Å²) in [5.74, 6) is 1.84. The Balaban J connectivity index is 1.74. The smallest absolute Gasteiger partial charge is 0.152 e. The molecule has 0 saturated heterocycles. The molecule has 4 rings (SSSR count). The minimum Gasteiger partial charge on any atom is -0.459 e. The molecule has 0 atom stereocenters. The maximum atomic E-state index is 6.04. The van der Waals surface area contributed by atoms with Crippen molar-refractivity contribution in [2.45, 2.75) is 26.4 Å². The van der Waals surface area contributed by atoms with Crippen molar-refractivity contribution < 1.29 is 4.42 Å². The molecule has 0 fully saturated rings. The quantitative estimate of drug-likeness (QED) is 0.530. The standard InChI is InChI=1S/C20H20N4O/c1-2-17-8-9-18(25-17)20-19(16-6-4-3-5-7-16)22-15-24(20)13-12-23-11-10-21-14-23/h3-11,14-15H,2,12-13H2,1H3. The summed E-state index contributed by atoms with van der Waals surface area (Å²) in [6, 6.07) is 14.3. The van der Waals surface area contributed by atoms with Crippen LogP contribution in [0.15, 0.2) is 71.9 Å². The number of furan rings is 1. The monoisotopic (exact) mass is 332 g/mol. The molecule has 0 aliphatic heterocycles. The average Bonchev–Trinajstić information content (AvgIpc) is 3.39. The zero-order chi connectivity index (χ0) is 17.1. The number of benzene rings is 1. The molecule has 0 N–H and O–H groups in total. The van der Waals surface area contributed by atoms with Gasteiger partial charge >= 0.3 is 0 Å². The summed E-state index contributed by atoms with van der Waals surface area (Å²) in [7, 11) is 0. The predicted octanol–water partition coefficient (Wildman–Crippen LogP) is 4.27. The van der Waals surface area contributed by atoms with E-state index in [4.69, 9.17) is 4.42 Å². The minimum atomic E-state index is 0.799. The molecule has 4 aromatic rings. The van der Waals surface area contributed by atoms with Crippen molar-refractivity contribution in [3.63, 3.8) is 0 Å². The van der Waals surface area contributed by atoms with E-state index in [1.165, 1.54) is 0 Å². The molecule has 0 saturated carbocycles. The lowest BCUT2D eigenvalue weighted by Gasteiger charge is -2.09. The van der Waals surface area contributed by atoms with Gasteiger partial charge in [0.1, 0.15) is 11.5 Å². The second-order valence-electron chi connectivity index (χ2n) is 5.92. The lowest BCUT2D eigenvalue weighted by atomic mass is 10.1. The third-order valence-electron chi connectivity index (χ3n) is 4.29. The molecule has 0 amide bonds. The molecule has 25 heavy (non-hydrogen) atoms. The molecule has 3 aromatic heterocycles. The van der Waals surface area contributed by atoms with Crippen LogP contribution < -0.4 is 0 Å². The fourth-order valence-corrected chi connectivity index (χ4v) is 2.95. The molecular formula is C20H20N4O. The van der Waals surface area contributed by atoms with Gasteiger partial charge in [-0.3, -0.25) is 0 Å². The molecule has 1 aromatic carbocycles. The van der Waals surface area contributed by atoms with Crippen LogP contribution in [0.25, 0.3) is 22.7 Å². The molecule has 0 aliphatic rings. The van der Waals surface area contributed by atoms with Gasteiger partial charge in [-0.05, 0) is 12.1 Å². The van der Waals surface area contributed by atoms with Crippen molar-refractivity contribution in [1.82, 2.24) is 19.1 Å². The topological polar surface area (TPSA) is 48.8 Å². The highest BCUT2D eigenvalue weighted by molar-refractivity contribution is 5.76. The summed E-state index contributed by atoms with van der Waals surface area (Å²) in [6.07, 6.45) is 8.37. The summed E-state index contributed by atoms with van der Waals surface area (Å²) in [5.41, 5.74) is 3.06. The molecule has 3 heterocycles. The van der Waals surface area contributed by atoms with Crippen molar-refractivity contribution >= 4 is 0 Å². The first-order chi connectivity index (χ1) is 12.3. The zero-order valence-electron chi connectivity index (χ0n) is 14.2. The lowest BCUT2D eigenvalue weighted by molar-refractivity contribution is 0.517. The van der Waals surface area contributed by atoms with Crippen molar-refractivity contribution in [3.8, 4) is 22.7 Å². The average molecular weight is 332 g/mol. The normalized spacial score (nSPS) is 11.1. The molecule has 5 nitrogen and oxygen atoms in total. The van der Waals surface area contributed by atoms with E-state index in [0.717, 1.165) is 48.0 Å². The van der Waals surface area contributed by atoms with Gasteiger partial charge in [0.15, 0.2) is 5.76 Å². The van der Waals surface area contributed by atoms with Gasteiger partial charge in [-0.1, -0.05) is 37.3 Å². The number of nitrogens with zero attached hydrogens (tertiary/aromatic N) is 4. The second kappa shape index (κ2) is 6.81. The summed E-state index contributed by atoms with van der Waals surface area (Å²) >= 11 is 0. The Morgan fingerprint density at radius 2 is 1.88 bits per heavy atom. The van der Waals surface area contributed by atoms with Crippen LogP contribution >= 0.6 is 0 Å². The van der Waals surface area contributed by atoms with Gasteiger partial charge in [-0.25, -0.2) is 9.97 Å². The molecule has 0 radical (unpaired) electrons. The van der Waals surface area contributed by atoms with Crippen LogP contribution in [0.4, 0.5) is 0 Å². The Morgan fingerprint density at radius 3 is 2.60 bits per heavy atom. The van der Waals surface area contributed by atoms with Gasteiger partial charge in [0.05, 0.1) is 18.3 Å². The zero-order valence-corrected chi connectivity index (χ0v) is 14.2. The van der Waals surface area contributed by atoms with Gasteiger partial charge in [0.25, 0.3) is 0 Å². The summed E-state index contributed by atoms with van der Waals surface area (Å²) in [6.45, 7) is 3.73. The van der Waals surface area contributed by atoms with Crippen LogP contribution in [-0.4, -0.2) is 19.1 Å². The first kappa shape index (κ1) is 15.4. The molecule has 0 unspecified atom stereocenters. The Kier molecular flexibility index (Phi) is 4.21. The fourth-order valence-electron chi connectivity index (χ4n) is 2.95. The molecule has 0 aliphatic carbocycles. The van der Waals surface area contributed by atoms with E-state index < -0.39 is 0 Å². The van der Waals surface area contributed by atoms with E-state index >= 15 is 0 Å². The molecular weight excluding hydrogens is 312 g/mol.